The summed E-state index contributed by atoms with van der Waals surface area (Å²) >= 11 is 0. The van der Waals surface area contributed by atoms with Crippen molar-refractivity contribution < 1.29 is 69.6 Å². The summed E-state index contributed by atoms with van der Waals surface area (Å²) in [6.07, 6.45) is -7.49. The number of methoxy groups -OCH3 is 1. The topological polar surface area (TPSA) is 228 Å². The van der Waals surface area contributed by atoms with Crippen molar-refractivity contribution in [1.29, 1.82) is 0 Å². The van der Waals surface area contributed by atoms with Crippen LogP contribution in [0.15, 0.2) is 11.6 Å². The molecule has 2 saturated heterocycles. The highest BCUT2D eigenvalue weighted by Crippen LogP contribution is 2.76. The summed E-state index contributed by atoms with van der Waals surface area (Å²) in [7, 11) is 1.78. The summed E-state index contributed by atoms with van der Waals surface area (Å²) in [5.74, 6) is 0.0264. The Morgan fingerprint density at radius 2 is 1.42 bits per heavy atom. The summed E-state index contributed by atoms with van der Waals surface area (Å²) < 4.78 is 30.6. The molecule has 0 aromatic carbocycles. The maximum Gasteiger partial charge on any atom is 0.187 e. The highest BCUT2D eigenvalue weighted by atomic mass is 16.7. The molecule has 0 unspecified atom stereocenters. The van der Waals surface area contributed by atoms with Gasteiger partial charge < -0.3 is 69.6 Å². The van der Waals surface area contributed by atoms with Crippen molar-refractivity contribution in [1.82, 2.24) is 0 Å². The van der Waals surface area contributed by atoms with Gasteiger partial charge in [0, 0.05) is 23.9 Å². The molecule has 4 saturated carbocycles. The van der Waals surface area contributed by atoms with Crippen molar-refractivity contribution in [3.63, 3.8) is 0 Å². The first kappa shape index (κ1) is 44.2. The normalized spacial score (nSPS) is 56.1. The SMILES string of the molecule is CO[C@H]1C=C2[C@@H]3CC(C)(C)CC[C@]3(CO)[C@H](O)C[C@@]2(C)[C@]2(C)CC[C@@H]3[C@@](C)(CO)[C@H](O[C@@H]4O[C@H](C)[C@@H](O)[C@H](O[C@H]5O[C@@H](CO)[C@H](O)[C@@H](O)[C@@H]5O)[C@H]4O)CC[C@@]3(C)[C@H]12. The molecule has 57 heavy (non-hydrogen) atoms. The second kappa shape index (κ2) is 15.2. The predicted molar refractivity (Wildman–Crippen MR) is 205 cm³/mol. The molecule has 6 fully saturated rings. The van der Waals surface area contributed by atoms with Gasteiger partial charge >= 0.3 is 0 Å². The van der Waals surface area contributed by atoms with Crippen LogP contribution in [0.5, 0.6) is 0 Å². The molecule has 0 bridgehead atoms. The molecule has 14 heteroatoms. The van der Waals surface area contributed by atoms with Crippen molar-refractivity contribution in [3.8, 4) is 0 Å². The summed E-state index contributed by atoms with van der Waals surface area (Å²) in [5.41, 5.74) is -0.934. The zero-order valence-electron chi connectivity index (χ0n) is 35.2. The van der Waals surface area contributed by atoms with Gasteiger partial charge in [0.1, 0.15) is 42.7 Å². The number of rotatable bonds is 8. The maximum atomic E-state index is 12.1. The van der Waals surface area contributed by atoms with Gasteiger partial charge in [-0.25, -0.2) is 0 Å². The Balaban J connectivity index is 1.17. The van der Waals surface area contributed by atoms with E-state index in [0.29, 0.717) is 12.8 Å². The lowest BCUT2D eigenvalue weighted by Gasteiger charge is -2.73. The zero-order chi connectivity index (χ0) is 41.8. The average Bonchev–Trinajstić information content (AvgIpc) is 3.16. The predicted octanol–water partition coefficient (Wildman–Crippen LogP) is 1.39. The molecule has 0 aromatic heterocycles. The monoisotopic (exact) mass is 812 g/mol. The second-order valence-electron chi connectivity index (χ2n) is 21.0. The number of aliphatic hydroxyl groups excluding tert-OH is 9. The first-order valence-corrected chi connectivity index (χ1v) is 21.4. The van der Waals surface area contributed by atoms with Gasteiger partial charge in [0.05, 0.1) is 44.2 Å². The minimum absolute atomic E-state index is 0.0303. The first-order valence-electron chi connectivity index (χ1n) is 21.4. The van der Waals surface area contributed by atoms with Crippen molar-refractivity contribution in [2.75, 3.05) is 26.9 Å². The van der Waals surface area contributed by atoms with Crippen molar-refractivity contribution in [2.24, 2.45) is 50.2 Å². The number of ether oxygens (including phenoxy) is 5. The molecule has 0 radical (unpaired) electrons. The quantitative estimate of drug-likeness (QED) is 0.125. The molecular formula is C43H72O14. The Labute approximate surface area is 337 Å². The summed E-state index contributed by atoms with van der Waals surface area (Å²) in [4.78, 5) is 0. The van der Waals surface area contributed by atoms with Gasteiger partial charge in [0.2, 0.25) is 0 Å². The fraction of sp³-hybridized carbons (Fsp3) is 0.953. The molecule has 328 valence electrons. The fourth-order valence-corrected chi connectivity index (χ4v) is 14.0. The van der Waals surface area contributed by atoms with Crippen LogP contribution in [0, 0.1) is 50.2 Å². The molecule has 14 nitrogen and oxygen atoms in total. The van der Waals surface area contributed by atoms with Gasteiger partial charge in [-0.1, -0.05) is 53.2 Å². The Kier molecular flexibility index (Phi) is 11.8. The molecule has 0 spiro atoms. The van der Waals surface area contributed by atoms with E-state index < -0.39 is 91.1 Å². The molecule has 7 rings (SSSR count). The lowest BCUT2D eigenvalue weighted by molar-refractivity contribution is -0.368. The van der Waals surface area contributed by atoms with Crippen LogP contribution in [-0.2, 0) is 23.7 Å². The van der Waals surface area contributed by atoms with Gasteiger partial charge in [0.15, 0.2) is 12.6 Å². The molecule has 2 aliphatic heterocycles. The molecule has 0 amide bonds. The number of allylic oxidation sites excluding steroid dienone is 1. The molecule has 2 heterocycles. The Bertz CT molecular complexity index is 1490. The van der Waals surface area contributed by atoms with E-state index >= 15 is 0 Å². The van der Waals surface area contributed by atoms with Crippen LogP contribution in [-0.4, -0.2) is 153 Å². The lowest BCUT2D eigenvalue weighted by Crippen LogP contribution is -2.70. The van der Waals surface area contributed by atoms with E-state index in [1.165, 1.54) is 5.57 Å². The van der Waals surface area contributed by atoms with Crippen molar-refractivity contribution in [3.05, 3.63) is 11.6 Å². The van der Waals surface area contributed by atoms with Gasteiger partial charge in [0.25, 0.3) is 0 Å². The molecule has 7 aliphatic rings. The van der Waals surface area contributed by atoms with E-state index in [2.05, 4.69) is 40.7 Å². The van der Waals surface area contributed by atoms with Crippen LogP contribution in [0.25, 0.3) is 0 Å². The maximum absolute atomic E-state index is 12.1. The number of aliphatic hydroxyl groups is 9. The van der Waals surface area contributed by atoms with Gasteiger partial charge in [-0.2, -0.15) is 0 Å². The standard InChI is InChI=1S/C43H72O14/c1-21-29(48)34(57-36-32(51)31(50)30(49)25(18-44)55-36)33(52)37(54-21)56-28-10-11-39(4)26(40(28,5)19-45)9-12-41(6)35(39)24(53-8)15-22-23-16-38(2,3)13-14-43(23,20-46)27(47)17-42(22,41)7/h15,21,23-37,44-52H,9-14,16-20H2,1-8H3/t21-,23+,24+,25+,26+,27-,28-,29-,30+,31-,32+,33-,34+,35+,36-,37+,39-,40-,41-,42-,43-/m1/s1. The zero-order valence-corrected chi connectivity index (χ0v) is 35.2. The van der Waals surface area contributed by atoms with E-state index in [0.717, 1.165) is 38.5 Å². The Morgan fingerprint density at radius 1 is 0.737 bits per heavy atom. The van der Waals surface area contributed by atoms with Crippen molar-refractivity contribution in [2.45, 2.75) is 180 Å². The lowest BCUT2D eigenvalue weighted by atomic mass is 9.32. The van der Waals surface area contributed by atoms with E-state index in [4.69, 9.17) is 23.7 Å². The Hall–Kier alpha value is -0.820. The van der Waals surface area contributed by atoms with Crippen LogP contribution in [0.3, 0.4) is 0 Å². The van der Waals surface area contributed by atoms with Crippen LogP contribution in [0.2, 0.25) is 0 Å². The molecule has 21 atom stereocenters. The second-order valence-corrected chi connectivity index (χ2v) is 21.0. The summed E-state index contributed by atoms with van der Waals surface area (Å²) in [6.45, 7) is 14.4. The first-order chi connectivity index (χ1) is 26.6. The van der Waals surface area contributed by atoms with Gasteiger partial charge in [-0.3, -0.25) is 0 Å². The van der Waals surface area contributed by atoms with Crippen molar-refractivity contribution >= 4 is 0 Å². The van der Waals surface area contributed by atoms with Crippen LogP contribution in [0.1, 0.15) is 99.8 Å². The van der Waals surface area contributed by atoms with E-state index in [1.807, 2.05) is 6.92 Å². The minimum Gasteiger partial charge on any atom is -0.396 e. The highest BCUT2D eigenvalue weighted by molar-refractivity contribution is 5.37. The minimum atomic E-state index is -1.74. The summed E-state index contributed by atoms with van der Waals surface area (Å²) in [6, 6.07) is 0. The van der Waals surface area contributed by atoms with E-state index in [1.54, 1.807) is 14.0 Å². The third-order valence-corrected chi connectivity index (χ3v) is 17.7. The third kappa shape index (κ3) is 6.48. The molecular weight excluding hydrogens is 740 g/mol. The Morgan fingerprint density at radius 3 is 2.05 bits per heavy atom. The van der Waals surface area contributed by atoms with Crippen LogP contribution >= 0.6 is 0 Å². The summed E-state index contributed by atoms with van der Waals surface area (Å²) in [5, 5.41) is 98.1. The number of hydrogen-bond acceptors (Lipinski definition) is 14. The number of hydrogen-bond donors (Lipinski definition) is 9. The van der Waals surface area contributed by atoms with Gasteiger partial charge in [-0.15, -0.1) is 0 Å². The van der Waals surface area contributed by atoms with E-state index in [-0.39, 0.29) is 58.7 Å². The smallest absolute Gasteiger partial charge is 0.187 e. The number of fused-ring (bicyclic) bond motifs is 7. The third-order valence-electron chi connectivity index (χ3n) is 17.7. The fourth-order valence-electron chi connectivity index (χ4n) is 14.0. The van der Waals surface area contributed by atoms with E-state index in [9.17, 15) is 46.0 Å². The largest absolute Gasteiger partial charge is 0.396 e. The van der Waals surface area contributed by atoms with Gasteiger partial charge in [-0.05, 0) is 91.8 Å². The van der Waals surface area contributed by atoms with Crippen LogP contribution < -0.4 is 0 Å². The average molecular weight is 813 g/mol. The molecule has 0 aromatic rings. The molecule has 9 N–H and O–H groups in total. The van der Waals surface area contributed by atoms with Crippen LogP contribution in [0.4, 0.5) is 0 Å². The highest BCUT2D eigenvalue weighted by Gasteiger charge is 2.72. The molecule has 5 aliphatic carbocycles.